The van der Waals surface area contributed by atoms with Crippen LogP contribution in [0.15, 0.2) is 55.0 Å². The van der Waals surface area contributed by atoms with Crippen LogP contribution in [0.5, 0.6) is 11.6 Å². The lowest BCUT2D eigenvalue weighted by atomic mass is 10.0. The summed E-state index contributed by atoms with van der Waals surface area (Å²) in [5.74, 6) is -0.0732. The van der Waals surface area contributed by atoms with Crippen LogP contribution in [0.3, 0.4) is 0 Å². The van der Waals surface area contributed by atoms with Crippen LogP contribution in [0, 0.1) is 5.82 Å². The minimum absolute atomic E-state index is 0.0489. The van der Waals surface area contributed by atoms with Gasteiger partial charge in [0.1, 0.15) is 5.75 Å². The number of nitrogens with two attached hydrogens (primary N) is 1. The van der Waals surface area contributed by atoms with E-state index in [1.165, 1.54) is 0 Å². The molecule has 0 spiro atoms. The summed E-state index contributed by atoms with van der Waals surface area (Å²) in [6.07, 6.45) is 5.64. The Morgan fingerprint density at radius 2 is 2.13 bits per heavy atom. The number of rotatable bonds is 7. The second-order valence-corrected chi connectivity index (χ2v) is 9.65. The summed E-state index contributed by atoms with van der Waals surface area (Å²) in [4.78, 5) is 4.69. The number of ether oxygens (including phenoxy) is 2. The predicted molar refractivity (Wildman–Crippen MR) is 144 cm³/mol. The maximum Gasteiger partial charge on any atom is 0.201 e. The molecule has 0 bridgehead atoms. The van der Waals surface area contributed by atoms with Gasteiger partial charge in [-0.2, -0.15) is 5.10 Å². The number of aliphatic hydroxyl groups excluding tert-OH is 1. The van der Waals surface area contributed by atoms with Gasteiger partial charge >= 0.3 is 0 Å². The zero-order valence-electron chi connectivity index (χ0n) is 21.3. The van der Waals surface area contributed by atoms with Gasteiger partial charge in [0.2, 0.25) is 5.88 Å². The monoisotopic (exact) mass is 532 g/mol. The third-order valence-corrected chi connectivity index (χ3v) is 7.28. The van der Waals surface area contributed by atoms with Crippen molar-refractivity contribution in [2.24, 2.45) is 5.73 Å². The first-order valence-corrected chi connectivity index (χ1v) is 12.7. The Morgan fingerprint density at radius 3 is 2.92 bits per heavy atom. The molecule has 39 heavy (non-hydrogen) atoms. The highest BCUT2D eigenvalue weighted by Crippen LogP contribution is 2.40. The molecule has 0 radical (unpaired) electrons. The average Bonchev–Trinajstić information content (AvgIpc) is 3.53. The number of hydrogen-bond acceptors (Lipinski definition) is 8. The van der Waals surface area contributed by atoms with E-state index in [2.05, 4.69) is 10.4 Å². The normalized spacial score (nSPS) is 17.6. The third-order valence-electron chi connectivity index (χ3n) is 7.28. The van der Waals surface area contributed by atoms with Gasteiger partial charge in [-0.1, -0.05) is 12.1 Å². The highest BCUT2D eigenvalue weighted by molar-refractivity contribution is 6.03. The molecule has 1 aliphatic heterocycles. The van der Waals surface area contributed by atoms with Gasteiger partial charge in [-0.15, -0.1) is 0 Å². The highest BCUT2D eigenvalue weighted by Gasteiger charge is 2.28. The zero-order chi connectivity index (χ0) is 27.1. The van der Waals surface area contributed by atoms with Crippen LogP contribution in [0.25, 0.3) is 27.5 Å². The van der Waals surface area contributed by atoms with Crippen LogP contribution < -0.4 is 15.8 Å². The average molecular weight is 533 g/mol. The van der Waals surface area contributed by atoms with Crippen molar-refractivity contribution in [1.82, 2.24) is 19.2 Å². The molecule has 0 amide bonds. The van der Waals surface area contributed by atoms with E-state index < -0.39 is 5.82 Å². The van der Waals surface area contributed by atoms with Crippen LogP contribution in [0.2, 0.25) is 0 Å². The Bertz CT molecular complexity index is 1670. The van der Waals surface area contributed by atoms with Crippen LogP contribution in [0.4, 0.5) is 10.2 Å². The maximum atomic E-state index is 16.1. The number of aromatic hydroxyl groups is 1. The molecule has 5 aromatic rings. The first-order valence-electron chi connectivity index (χ1n) is 12.7. The Kier molecular flexibility index (Phi) is 6.55. The van der Waals surface area contributed by atoms with Gasteiger partial charge in [-0.3, -0.25) is 0 Å². The van der Waals surface area contributed by atoms with Crippen molar-refractivity contribution in [2.75, 3.05) is 25.6 Å². The van der Waals surface area contributed by atoms with Crippen molar-refractivity contribution >= 4 is 22.1 Å². The number of halogens is 1. The topological polar surface area (TPSA) is 132 Å². The fraction of sp³-hybridized carbons (Fsp3) is 0.286. The Balaban J connectivity index is 1.52. The van der Waals surface area contributed by atoms with Crippen LogP contribution >= 0.6 is 0 Å². The van der Waals surface area contributed by atoms with Crippen LogP contribution in [-0.4, -0.2) is 61.8 Å². The summed E-state index contributed by atoms with van der Waals surface area (Å²) in [6.45, 7) is 0.871. The minimum Gasteiger partial charge on any atom is -0.497 e. The molecule has 11 heteroatoms. The Hall–Kier alpha value is -4.19. The van der Waals surface area contributed by atoms with Crippen molar-refractivity contribution < 1.29 is 24.1 Å². The number of pyridine rings is 2. The lowest BCUT2D eigenvalue weighted by Crippen LogP contribution is -2.47. The first-order chi connectivity index (χ1) is 19.0. The molecule has 0 unspecified atom stereocenters. The summed E-state index contributed by atoms with van der Waals surface area (Å²) < 4.78 is 30.0. The van der Waals surface area contributed by atoms with Crippen LogP contribution in [0.1, 0.15) is 17.5 Å². The van der Waals surface area contributed by atoms with E-state index in [0.717, 1.165) is 11.1 Å². The molecule has 6 rings (SSSR count). The summed E-state index contributed by atoms with van der Waals surface area (Å²) in [6, 6.07) is 10.4. The SMILES string of the molecule is COc1ccc(Cn2cc3c(F)c(N[C@@H]4CCOC[C@@H]4N)nc(-c4cnn5ccccc45)c3c2O)c(CO)c1. The highest BCUT2D eigenvalue weighted by atomic mass is 19.1. The predicted octanol–water partition coefficient (Wildman–Crippen LogP) is 3.27. The zero-order valence-corrected chi connectivity index (χ0v) is 21.3. The molecule has 1 aromatic carbocycles. The van der Waals surface area contributed by atoms with Gasteiger partial charge < -0.3 is 35.3 Å². The van der Waals surface area contributed by atoms with E-state index in [9.17, 15) is 10.2 Å². The second-order valence-electron chi connectivity index (χ2n) is 9.65. The van der Waals surface area contributed by atoms with Crippen molar-refractivity contribution in [3.63, 3.8) is 0 Å². The lowest BCUT2D eigenvalue weighted by molar-refractivity contribution is 0.0751. The van der Waals surface area contributed by atoms with Crippen molar-refractivity contribution in [3.05, 3.63) is 71.9 Å². The number of aliphatic hydroxyl groups is 1. The number of benzene rings is 1. The van der Waals surface area contributed by atoms with Crippen LogP contribution in [-0.2, 0) is 17.9 Å². The van der Waals surface area contributed by atoms with Gasteiger partial charge in [0.25, 0.3) is 0 Å². The smallest absolute Gasteiger partial charge is 0.201 e. The summed E-state index contributed by atoms with van der Waals surface area (Å²) in [7, 11) is 1.55. The largest absolute Gasteiger partial charge is 0.497 e. The molecule has 1 aliphatic rings. The molecular formula is C28H29FN6O4. The number of hydrogen-bond donors (Lipinski definition) is 4. The number of anilines is 1. The van der Waals surface area contributed by atoms with Gasteiger partial charge in [0, 0.05) is 42.0 Å². The lowest BCUT2D eigenvalue weighted by Gasteiger charge is -2.30. The minimum atomic E-state index is -0.588. The number of nitrogens with zero attached hydrogens (tertiary/aromatic N) is 4. The molecule has 0 saturated carbocycles. The van der Waals surface area contributed by atoms with Gasteiger partial charge in [0.05, 0.1) is 49.7 Å². The molecule has 5 N–H and O–H groups in total. The summed E-state index contributed by atoms with van der Waals surface area (Å²) in [5, 5.41) is 29.4. The fourth-order valence-corrected chi connectivity index (χ4v) is 5.15. The molecule has 4 aromatic heterocycles. The van der Waals surface area contributed by atoms with Crippen molar-refractivity contribution in [3.8, 4) is 22.9 Å². The quantitative estimate of drug-likeness (QED) is 0.251. The third kappa shape index (κ3) is 4.44. The van der Waals surface area contributed by atoms with E-state index in [1.807, 2.05) is 30.5 Å². The number of methoxy groups -OCH3 is 1. The Morgan fingerprint density at radius 1 is 1.26 bits per heavy atom. The van der Waals surface area contributed by atoms with E-state index in [0.29, 0.717) is 42.2 Å². The molecule has 5 heterocycles. The van der Waals surface area contributed by atoms with Gasteiger partial charge in [-0.25, -0.2) is 13.9 Å². The van der Waals surface area contributed by atoms with Gasteiger partial charge in [0.15, 0.2) is 11.6 Å². The summed E-state index contributed by atoms with van der Waals surface area (Å²) in [5.41, 5.74) is 9.43. The molecule has 2 atom stereocenters. The standard InChI is InChI=1S/C28H29FN6O4/c1-38-18-6-5-16(17(10-18)14-36)12-34-13-20-24(28(34)37)26(19-11-31-35-8-3-2-4-23(19)35)33-27(25(20)29)32-22-7-9-39-15-21(22)30/h2-6,8,10-11,13,21-22,32,36-37H,7,9,12,14-15,30H2,1H3/t21-,22+/m0/s1. The number of aromatic nitrogens is 4. The molecule has 1 saturated heterocycles. The van der Waals surface area contributed by atoms with Gasteiger partial charge in [-0.05, 0) is 41.8 Å². The molecule has 0 aliphatic carbocycles. The fourth-order valence-electron chi connectivity index (χ4n) is 5.15. The van der Waals surface area contributed by atoms with E-state index in [-0.39, 0.29) is 47.7 Å². The molecular weight excluding hydrogens is 503 g/mol. The Labute approximate surface area is 223 Å². The van der Waals surface area contributed by atoms with E-state index >= 15 is 4.39 Å². The molecule has 1 fully saturated rings. The second kappa shape index (κ2) is 10.2. The summed E-state index contributed by atoms with van der Waals surface area (Å²) >= 11 is 0. The van der Waals surface area contributed by atoms with Crippen molar-refractivity contribution in [2.45, 2.75) is 31.7 Å². The molecule has 202 valence electrons. The van der Waals surface area contributed by atoms with E-state index in [4.69, 9.17) is 20.2 Å². The number of nitrogens with one attached hydrogen (secondary N) is 1. The first kappa shape index (κ1) is 25.1. The molecule has 10 nitrogen and oxygen atoms in total. The number of fused-ring (bicyclic) bond motifs is 2. The van der Waals surface area contributed by atoms with E-state index in [1.54, 1.807) is 40.7 Å². The van der Waals surface area contributed by atoms with Crippen molar-refractivity contribution in [1.29, 1.82) is 0 Å². The maximum absolute atomic E-state index is 16.1.